The van der Waals surface area contributed by atoms with Gasteiger partial charge in [0.1, 0.15) is 21.1 Å². The van der Waals surface area contributed by atoms with Crippen LogP contribution in [0.1, 0.15) is 25.0 Å². The Morgan fingerprint density at radius 1 is 0.895 bits per heavy atom. The van der Waals surface area contributed by atoms with Gasteiger partial charge in [-0.2, -0.15) is 10.5 Å². The molecule has 0 saturated heterocycles. The quantitative estimate of drug-likeness (QED) is 0.538. The lowest BCUT2D eigenvalue weighted by molar-refractivity contribution is -0.120. The SMILES string of the molecule is CCN1C(=O)/C(=c2\sc3n(c2=O)C(N)=C(C#N)C2(C(=O)N(CC)c4ccccc42)C=3C#N)c2ccccc21. The number of nitrogens with two attached hydrogens (primary N) is 1. The topological polar surface area (TPSA) is 136 Å². The Balaban J connectivity index is 1.82. The molecule has 0 saturated carbocycles. The minimum Gasteiger partial charge on any atom is -0.384 e. The lowest BCUT2D eigenvalue weighted by Crippen LogP contribution is -2.50. The van der Waals surface area contributed by atoms with Crippen molar-refractivity contribution in [3.8, 4) is 12.1 Å². The summed E-state index contributed by atoms with van der Waals surface area (Å²) in [7, 11) is 0. The fraction of sp³-hybridized carbons (Fsp3) is 0.179. The van der Waals surface area contributed by atoms with Gasteiger partial charge in [-0.25, -0.2) is 0 Å². The van der Waals surface area contributed by atoms with Gasteiger partial charge in [0.05, 0.1) is 28.5 Å². The average Bonchev–Trinajstić information content (AvgIpc) is 3.49. The Labute approximate surface area is 220 Å². The maximum Gasteiger partial charge on any atom is 0.275 e. The molecule has 38 heavy (non-hydrogen) atoms. The third-order valence-corrected chi connectivity index (χ3v) is 8.59. The highest BCUT2D eigenvalue weighted by Gasteiger charge is 2.59. The van der Waals surface area contributed by atoms with E-state index in [0.717, 1.165) is 15.9 Å². The number of nitrogens with zero attached hydrogens (tertiary/aromatic N) is 5. The van der Waals surface area contributed by atoms with E-state index in [0.29, 0.717) is 35.6 Å². The molecule has 1 unspecified atom stereocenters. The van der Waals surface area contributed by atoms with E-state index in [1.54, 1.807) is 48.2 Å². The van der Waals surface area contributed by atoms with Crippen LogP contribution >= 0.6 is 11.3 Å². The molecule has 3 aromatic rings. The van der Waals surface area contributed by atoms with Crippen LogP contribution in [-0.4, -0.2) is 29.5 Å². The second-order valence-electron chi connectivity index (χ2n) is 8.99. The first-order valence-electron chi connectivity index (χ1n) is 12.0. The van der Waals surface area contributed by atoms with Gasteiger partial charge in [0, 0.05) is 29.9 Å². The van der Waals surface area contributed by atoms with Gasteiger partial charge in [0.25, 0.3) is 11.5 Å². The summed E-state index contributed by atoms with van der Waals surface area (Å²) < 4.78 is 1.34. The third-order valence-electron chi connectivity index (χ3n) is 7.43. The largest absolute Gasteiger partial charge is 0.384 e. The fourth-order valence-electron chi connectivity index (χ4n) is 5.85. The molecule has 2 amide bonds. The highest BCUT2D eigenvalue weighted by atomic mass is 32.1. The predicted molar refractivity (Wildman–Crippen MR) is 143 cm³/mol. The Kier molecular flexibility index (Phi) is 4.96. The van der Waals surface area contributed by atoms with E-state index in [2.05, 4.69) is 12.1 Å². The number of hydrogen-bond donors (Lipinski definition) is 1. The summed E-state index contributed by atoms with van der Waals surface area (Å²) in [5, 5.41) is 20.8. The van der Waals surface area contributed by atoms with Gasteiger partial charge in [0.2, 0.25) is 5.91 Å². The molecule has 2 aromatic carbocycles. The summed E-state index contributed by atoms with van der Waals surface area (Å²) in [5.41, 5.74) is 6.41. The minimum atomic E-state index is -1.79. The maximum absolute atomic E-state index is 14.1. The van der Waals surface area contributed by atoms with Gasteiger partial charge in [-0.05, 0) is 26.0 Å². The van der Waals surface area contributed by atoms with Gasteiger partial charge in [-0.1, -0.05) is 36.4 Å². The molecule has 0 radical (unpaired) electrons. The summed E-state index contributed by atoms with van der Waals surface area (Å²) in [6, 6.07) is 18.4. The first-order chi connectivity index (χ1) is 18.4. The van der Waals surface area contributed by atoms with Crippen molar-refractivity contribution in [3.05, 3.63) is 84.8 Å². The van der Waals surface area contributed by atoms with Crippen molar-refractivity contribution in [2.24, 2.45) is 5.73 Å². The average molecular weight is 521 g/mol. The van der Waals surface area contributed by atoms with Crippen LogP contribution in [0.3, 0.4) is 0 Å². The number of aromatic nitrogens is 1. The van der Waals surface area contributed by atoms with E-state index in [4.69, 9.17) is 5.73 Å². The van der Waals surface area contributed by atoms with Crippen molar-refractivity contribution in [1.82, 2.24) is 4.57 Å². The van der Waals surface area contributed by atoms with E-state index in [1.165, 1.54) is 4.90 Å². The molecule has 3 aliphatic heterocycles. The molecule has 2 N–H and O–H groups in total. The third kappa shape index (κ3) is 2.54. The molecular weight excluding hydrogens is 500 g/mol. The van der Waals surface area contributed by atoms with Crippen molar-refractivity contribution < 1.29 is 9.59 Å². The number of hydrogen-bond acceptors (Lipinski definition) is 7. The Hall–Kier alpha value is -4.93. The van der Waals surface area contributed by atoms with Crippen molar-refractivity contribution in [3.63, 3.8) is 0 Å². The van der Waals surface area contributed by atoms with Crippen molar-refractivity contribution in [2.45, 2.75) is 19.3 Å². The van der Waals surface area contributed by atoms with Gasteiger partial charge in [0.15, 0.2) is 5.41 Å². The number of anilines is 2. The summed E-state index contributed by atoms with van der Waals surface area (Å²) in [6.45, 7) is 4.37. The zero-order chi connectivity index (χ0) is 26.9. The molecule has 6 rings (SSSR count). The number of benzene rings is 2. The first kappa shape index (κ1) is 23.5. The molecule has 3 aliphatic rings. The van der Waals surface area contributed by atoms with Crippen LogP contribution in [0.25, 0.3) is 17.0 Å². The second kappa shape index (κ2) is 8.04. The first-order valence-corrected chi connectivity index (χ1v) is 12.8. The van der Waals surface area contributed by atoms with Crippen LogP contribution in [0.15, 0.2) is 58.9 Å². The van der Waals surface area contributed by atoms with Crippen molar-refractivity contribution >= 4 is 51.5 Å². The summed E-state index contributed by atoms with van der Waals surface area (Å²) in [6.07, 6.45) is 0. The number of nitriles is 2. The number of carbonyl (C=O) groups is 2. The zero-order valence-electron chi connectivity index (χ0n) is 20.5. The summed E-state index contributed by atoms with van der Waals surface area (Å²) in [4.78, 5) is 44.5. The number of carbonyl (C=O) groups excluding carboxylic acids is 2. The number of likely N-dealkylation sites (N-methyl/N-ethyl adjacent to an activating group) is 2. The summed E-state index contributed by atoms with van der Waals surface area (Å²) in [5.74, 6) is -1.03. The lowest BCUT2D eigenvalue weighted by Gasteiger charge is -2.31. The molecule has 1 spiro atoms. The van der Waals surface area contributed by atoms with Gasteiger partial charge in [-0.3, -0.25) is 19.0 Å². The molecule has 10 heteroatoms. The van der Waals surface area contributed by atoms with Gasteiger partial charge in [-0.15, -0.1) is 11.3 Å². The Bertz CT molecular complexity index is 1920. The zero-order valence-corrected chi connectivity index (χ0v) is 21.3. The molecule has 0 fully saturated rings. The highest BCUT2D eigenvalue weighted by molar-refractivity contribution is 7.08. The maximum atomic E-state index is 14.1. The monoisotopic (exact) mass is 520 g/mol. The van der Waals surface area contributed by atoms with Crippen LogP contribution in [-0.2, 0) is 15.0 Å². The highest BCUT2D eigenvalue weighted by Crippen LogP contribution is 2.52. The smallest absolute Gasteiger partial charge is 0.275 e. The van der Waals surface area contributed by atoms with E-state index in [1.807, 2.05) is 19.1 Å². The van der Waals surface area contributed by atoms with E-state index in [-0.39, 0.29) is 37.6 Å². The molecule has 4 heterocycles. The molecule has 0 bridgehead atoms. The van der Waals surface area contributed by atoms with Gasteiger partial charge < -0.3 is 15.5 Å². The Morgan fingerprint density at radius 3 is 2.18 bits per heavy atom. The molecule has 186 valence electrons. The van der Waals surface area contributed by atoms with Crippen LogP contribution < -0.4 is 30.3 Å². The summed E-state index contributed by atoms with van der Waals surface area (Å²) >= 11 is 0.946. The number of fused-ring (bicyclic) bond motifs is 4. The van der Waals surface area contributed by atoms with E-state index in [9.17, 15) is 24.9 Å². The number of rotatable bonds is 2. The van der Waals surface area contributed by atoms with Crippen LogP contribution in [0.4, 0.5) is 11.4 Å². The number of amides is 2. The minimum absolute atomic E-state index is 0.0586. The number of para-hydroxylation sites is 2. The molecule has 1 atom stereocenters. The van der Waals surface area contributed by atoms with Crippen molar-refractivity contribution in [1.29, 1.82) is 10.5 Å². The lowest BCUT2D eigenvalue weighted by atomic mass is 9.69. The molecule has 0 aliphatic carbocycles. The Morgan fingerprint density at radius 2 is 1.53 bits per heavy atom. The standard InChI is InChI=1S/C28H20N6O3S/c1-3-32-19-11-7-5-9-15(19)21(24(32)35)22-25(36)34-23(31)17(13-29)28(18(14-30)26(34)38-22)16-10-6-8-12-20(16)33(4-2)27(28)37/h5-12H,3-4,31H2,1-2H3/b22-21-. The van der Waals surface area contributed by atoms with Crippen LogP contribution in [0.2, 0.25) is 0 Å². The van der Waals surface area contributed by atoms with E-state index >= 15 is 0 Å². The fourth-order valence-corrected chi connectivity index (χ4v) is 7.09. The molecule has 1 aromatic heterocycles. The van der Waals surface area contributed by atoms with Crippen molar-refractivity contribution in [2.75, 3.05) is 22.9 Å². The molecule has 9 nitrogen and oxygen atoms in total. The number of thiazole rings is 1. The predicted octanol–water partition coefficient (Wildman–Crippen LogP) is 1.12. The van der Waals surface area contributed by atoms with Crippen LogP contribution in [0.5, 0.6) is 0 Å². The molecular formula is C28H20N6O3S. The van der Waals surface area contributed by atoms with Gasteiger partial charge >= 0.3 is 0 Å². The second-order valence-corrected chi connectivity index (χ2v) is 9.99. The normalized spacial score (nSPS) is 21.0. The van der Waals surface area contributed by atoms with E-state index < -0.39 is 16.9 Å². The van der Waals surface area contributed by atoms with Crippen LogP contribution in [0, 0.1) is 22.7 Å².